The predicted octanol–water partition coefficient (Wildman–Crippen LogP) is 2.20. The molecule has 0 amide bonds. The quantitative estimate of drug-likeness (QED) is 0.682. The zero-order valence-corrected chi connectivity index (χ0v) is 13.0. The van der Waals surface area contributed by atoms with Gasteiger partial charge < -0.3 is 14.8 Å². The highest BCUT2D eigenvalue weighted by molar-refractivity contribution is 5.81. The number of fused-ring (bicyclic) bond motifs is 1. The van der Waals surface area contributed by atoms with Crippen LogP contribution in [0.2, 0.25) is 0 Å². The number of aromatic nitrogens is 2. The van der Waals surface area contributed by atoms with Crippen LogP contribution in [-0.2, 0) is 22.6 Å². The Balaban J connectivity index is 1.95. The lowest BCUT2D eigenvalue weighted by Crippen LogP contribution is -2.13. The van der Waals surface area contributed by atoms with Crippen molar-refractivity contribution in [3.8, 4) is 0 Å². The summed E-state index contributed by atoms with van der Waals surface area (Å²) in [5.74, 6) is 0. The van der Waals surface area contributed by atoms with Gasteiger partial charge >= 0.3 is 0 Å². The molecule has 0 aliphatic rings. The van der Waals surface area contributed by atoms with Crippen LogP contribution in [0.3, 0.4) is 0 Å². The first-order valence-corrected chi connectivity index (χ1v) is 7.58. The second kappa shape index (κ2) is 8.77. The molecule has 5 heteroatoms. The molecule has 116 valence electrons. The summed E-state index contributed by atoms with van der Waals surface area (Å²) in [6.07, 6.45) is 0.954. The highest BCUT2D eigenvalue weighted by Gasteiger charge is 2.09. The molecule has 2 aromatic rings. The van der Waals surface area contributed by atoms with E-state index in [9.17, 15) is 0 Å². The fraction of sp³-hybridized carbons (Fsp3) is 0.562. The molecule has 0 saturated carbocycles. The fourth-order valence-electron chi connectivity index (χ4n) is 2.30. The number of methoxy groups -OCH3 is 1. The maximum absolute atomic E-state index is 5.50. The molecule has 5 nitrogen and oxygen atoms in total. The summed E-state index contributed by atoms with van der Waals surface area (Å²) in [4.78, 5) is 0. The average molecular weight is 291 g/mol. The zero-order valence-electron chi connectivity index (χ0n) is 13.0. The summed E-state index contributed by atoms with van der Waals surface area (Å²) >= 11 is 0. The molecule has 0 atom stereocenters. The van der Waals surface area contributed by atoms with Gasteiger partial charge in [0.25, 0.3) is 0 Å². The smallest absolute Gasteiger partial charge is 0.0841 e. The van der Waals surface area contributed by atoms with Gasteiger partial charge in [0.1, 0.15) is 0 Å². The molecule has 21 heavy (non-hydrogen) atoms. The Morgan fingerprint density at radius 3 is 2.86 bits per heavy atom. The van der Waals surface area contributed by atoms with Gasteiger partial charge in [-0.3, -0.25) is 4.68 Å². The van der Waals surface area contributed by atoms with Gasteiger partial charge in [-0.1, -0.05) is 25.1 Å². The van der Waals surface area contributed by atoms with Crippen molar-refractivity contribution in [3.05, 3.63) is 30.0 Å². The standard InChI is InChI=1S/C16H25N3O2/c1-3-17-13-15-14-7-4-5-8-16(14)19(18-15)9-6-10-21-12-11-20-2/h4-5,7-8,17H,3,6,9-13H2,1-2H3. The molecule has 0 saturated heterocycles. The molecule has 0 radical (unpaired) electrons. The number of hydrogen-bond donors (Lipinski definition) is 1. The van der Waals surface area contributed by atoms with Crippen molar-refractivity contribution in [2.24, 2.45) is 0 Å². The van der Waals surface area contributed by atoms with Crippen molar-refractivity contribution >= 4 is 10.9 Å². The molecular weight excluding hydrogens is 266 g/mol. The third kappa shape index (κ3) is 4.52. The van der Waals surface area contributed by atoms with Gasteiger partial charge in [-0.25, -0.2) is 0 Å². The summed E-state index contributed by atoms with van der Waals surface area (Å²) in [7, 11) is 1.69. The minimum atomic E-state index is 0.650. The van der Waals surface area contributed by atoms with Crippen LogP contribution in [0.1, 0.15) is 19.0 Å². The Morgan fingerprint density at radius 2 is 2.05 bits per heavy atom. The van der Waals surface area contributed by atoms with E-state index in [2.05, 4.69) is 41.2 Å². The molecule has 0 bridgehead atoms. The Bertz CT molecular complexity index is 539. The van der Waals surface area contributed by atoms with Crippen molar-refractivity contribution in [2.75, 3.05) is 33.5 Å². The number of benzene rings is 1. The summed E-state index contributed by atoms with van der Waals surface area (Å²) in [6, 6.07) is 8.40. The fourth-order valence-corrected chi connectivity index (χ4v) is 2.30. The number of rotatable bonds is 10. The van der Waals surface area contributed by atoms with Crippen LogP contribution < -0.4 is 5.32 Å². The minimum Gasteiger partial charge on any atom is -0.382 e. The molecule has 1 heterocycles. The van der Waals surface area contributed by atoms with Crippen molar-refractivity contribution < 1.29 is 9.47 Å². The molecule has 1 aromatic heterocycles. The predicted molar refractivity (Wildman–Crippen MR) is 84.4 cm³/mol. The van der Waals surface area contributed by atoms with Gasteiger partial charge in [0, 0.05) is 32.2 Å². The summed E-state index contributed by atoms with van der Waals surface area (Å²) in [5, 5.41) is 9.32. The first-order valence-electron chi connectivity index (χ1n) is 7.58. The van der Waals surface area contributed by atoms with Crippen LogP contribution in [0.25, 0.3) is 10.9 Å². The molecule has 1 aromatic carbocycles. The Morgan fingerprint density at radius 1 is 1.19 bits per heavy atom. The molecule has 0 fully saturated rings. The summed E-state index contributed by atoms with van der Waals surface area (Å²) in [5.41, 5.74) is 2.31. The van der Waals surface area contributed by atoms with E-state index in [1.165, 1.54) is 10.9 Å². The van der Waals surface area contributed by atoms with Crippen molar-refractivity contribution in [1.82, 2.24) is 15.1 Å². The lowest BCUT2D eigenvalue weighted by molar-refractivity contribution is 0.0678. The minimum absolute atomic E-state index is 0.650. The topological polar surface area (TPSA) is 48.3 Å². The largest absolute Gasteiger partial charge is 0.382 e. The Kier molecular flexibility index (Phi) is 6.66. The Hall–Kier alpha value is -1.43. The second-order valence-corrected chi connectivity index (χ2v) is 4.93. The van der Waals surface area contributed by atoms with Crippen LogP contribution in [0.4, 0.5) is 0 Å². The maximum Gasteiger partial charge on any atom is 0.0841 e. The van der Waals surface area contributed by atoms with Crippen molar-refractivity contribution in [3.63, 3.8) is 0 Å². The van der Waals surface area contributed by atoms with Gasteiger partial charge in [0.15, 0.2) is 0 Å². The molecule has 0 aliphatic heterocycles. The third-order valence-corrected chi connectivity index (χ3v) is 3.37. The molecule has 0 unspecified atom stereocenters. The maximum atomic E-state index is 5.50. The number of para-hydroxylation sites is 1. The number of ether oxygens (including phenoxy) is 2. The highest BCUT2D eigenvalue weighted by atomic mass is 16.5. The molecule has 0 aliphatic carbocycles. The second-order valence-electron chi connectivity index (χ2n) is 4.93. The van der Waals surface area contributed by atoms with Crippen LogP contribution in [0.15, 0.2) is 24.3 Å². The van der Waals surface area contributed by atoms with Crippen LogP contribution in [0, 0.1) is 0 Å². The number of aryl methyl sites for hydroxylation is 1. The SMILES string of the molecule is CCNCc1nn(CCCOCCOC)c2ccccc12. The third-order valence-electron chi connectivity index (χ3n) is 3.37. The average Bonchev–Trinajstić information content (AvgIpc) is 2.87. The molecular formula is C16H25N3O2. The molecule has 2 rings (SSSR count). The lowest BCUT2D eigenvalue weighted by atomic mass is 10.2. The van der Waals surface area contributed by atoms with E-state index in [1.807, 2.05) is 0 Å². The van der Waals surface area contributed by atoms with Crippen molar-refractivity contribution in [2.45, 2.75) is 26.4 Å². The van der Waals surface area contributed by atoms with E-state index < -0.39 is 0 Å². The van der Waals surface area contributed by atoms with Gasteiger partial charge in [0.2, 0.25) is 0 Å². The first-order chi connectivity index (χ1) is 10.4. The van der Waals surface area contributed by atoms with E-state index in [0.29, 0.717) is 13.2 Å². The van der Waals surface area contributed by atoms with Gasteiger partial charge in [-0.05, 0) is 19.0 Å². The van der Waals surface area contributed by atoms with Gasteiger partial charge in [-0.2, -0.15) is 5.10 Å². The normalized spacial score (nSPS) is 11.3. The van der Waals surface area contributed by atoms with Crippen molar-refractivity contribution in [1.29, 1.82) is 0 Å². The van der Waals surface area contributed by atoms with E-state index in [4.69, 9.17) is 14.6 Å². The van der Waals surface area contributed by atoms with Gasteiger partial charge in [-0.15, -0.1) is 0 Å². The van der Waals surface area contributed by atoms with E-state index in [-0.39, 0.29) is 0 Å². The summed E-state index contributed by atoms with van der Waals surface area (Å²) < 4.78 is 12.5. The zero-order chi connectivity index (χ0) is 14.9. The number of hydrogen-bond acceptors (Lipinski definition) is 4. The van der Waals surface area contributed by atoms with E-state index in [0.717, 1.165) is 38.4 Å². The van der Waals surface area contributed by atoms with E-state index >= 15 is 0 Å². The molecule has 0 spiro atoms. The first kappa shape index (κ1) is 15.9. The highest BCUT2D eigenvalue weighted by Crippen LogP contribution is 2.18. The van der Waals surface area contributed by atoms with Crippen LogP contribution >= 0.6 is 0 Å². The monoisotopic (exact) mass is 291 g/mol. The molecule has 1 N–H and O–H groups in total. The summed E-state index contributed by atoms with van der Waals surface area (Å²) in [6.45, 7) is 6.79. The van der Waals surface area contributed by atoms with Crippen LogP contribution in [0.5, 0.6) is 0 Å². The van der Waals surface area contributed by atoms with Gasteiger partial charge in [0.05, 0.1) is 24.4 Å². The number of nitrogens with zero attached hydrogens (tertiary/aromatic N) is 2. The number of nitrogens with one attached hydrogen (secondary N) is 1. The van der Waals surface area contributed by atoms with E-state index in [1.54, 1.807) is 7.11 Å². The van der Waals surface area contributed by atoms with Crippen LogP contribution in [-0.4, -0.2) is 43.3 Å². The Labute approximate surface area is 126 Å². The lowest BCUT2D eigenvalue weighted by Gasteiger charge is -2.05.